The van der Waals surface area contributed by atoms with E-state index in [1.54, 1.807) is 6.20 Å². The smallest absolute Gasteiger partial charge is 0.335 e. The maximum Gasteiger partial charge on any atom is 0.335 e. The van der Waals surface area contributed by atoms with Gasteiger partial charge in [-0.05, 0) is 24.3 Å². The van der Waals surface area contributed by atoms with E-state index in [1.807, 2.05) is 0 Å². The van der Waals surface area contributed by atoms with E-state index >= 15 is 0 Å². The minimum Gasteiger partial charge on any atom is -0.478 e. The van der Waals surface area contributed by atoms with Gasteiger partial charge in [0.2, 0.25) is 5.91 Å². The van der Waals surface area contributed by atoms with E-state index in [9.17, 15) is 9.59 Å². The molecule has 1 aromatic heterocycles. The Morgan fingerprint density at radius 1 is 1.32 bits per heavy atom. The Morgan fingerprint density at radius 2 is 2.00 bits per heavy atom. The van der Waals surface area contributed by atoms with Gasteiger partial charge in [-0.25, -0.2) is 4.79 Å². The minimum atomic E-state index is -1.01. The molecule has 7 nitrogen and oxygen atoms in total. The predicted octanol–water partition coefficient (Wildman–Crippen LogP) is 0.802. The van der Waals surface area contributed by atoms with Gasteiger partial charge in [-0.3, -0.25) is 9.48 Å². The molecule has 0 aliphatic heterocycles. The van der Waals surface area contributed by atoms with Gasteiger partial charge in [0.05, 0.1) is 17.4 Å². The van der Waals surface area contributed by atoms with Gasteiger partial charge in [0, 0.05) is 11.9 Å². The number of nitrogens with zero attached hydrogens (tertiary/aromatic N) is 2. The summed E-state index contributed by atoms with van der Waals surface area (Å²) in [7, 11) is 0. The number of nitrogen functional groups attached to an aromatic ring is 1. The quantitative estimate of drug-likeness (QED) is 0.753. The molecule has 0 aliphatic rings. The molecule has 0 saturated carbocycles. The zero-order chi connectivity index (χ0) is 13.8. The lowest BCUT2D eigenvalue weighted by atomic mass is 10.2. The van der Waals surface area contributed by atoms with Gasteiger partial charge < -0.3 is 16.2 Å². The van der Waals surface area contributed by atoms with E-state index in [2.05, 4.69) is 10.4 Å². The summed E-state index contributed by atoms with van der Waals surface area (Å²) < 4.78 is 1.41. The second-order valence-electron chi connectivity index (χ2n) is 3.90. The molecular weight excluding hydrogens is 248 g/mol. The number of carbonyl (C=O) groups excluding carboxylic acids is 1. The number of carboxylic acid groups (broad SMARTS) is 1. The van der Waals surface area contributed by atoms with Gasteiger partial charge in [0.15, 0.2) is 0 Å². The molecule has 1 amide bonds. The molecular formula is C12H12N4O3. The molecule has 2 aromatic rings. The first-order chi connectivity index (χ1) is 9.04. The van der Waals surface area contributed by atoms with Gasteiger partial charge in [-0.15, -0.1) is 0 Å². The fraction of sp³-hybridized carbons (Fsp3) is 0.0833. The number of nitrogens with two attached hydrogens (primary N) is 1. The van der Waals surface area contributed by atoms with Crippen LogP contribution >= 0.6 is 0 Å². The number of rotatable bonds is 4. The first-order valence-electron chi connectivity index (χ1n) is 5.46. The lowest BCUT2D eigenvalue weighted by Crippen LogP contribution is -2.19. The van der Waals surface area contributed by atoms with Crippen LogP contribution in [0.2, 0.25) is 0 Å². The minimum absolute atomic E-state index is 0.0396. The third-order valence-corrected chi connectivity index (χ3v) is 2.37. The van der Waals surface area contributed by atoms with Crippen molar-refractivity contribution in [3.8, 4) is 0 Å². The van der Waals surface area contributed by atoms with E-state index in [4.69, 9.17) is 10.8 Å². The Kier molecular flexibility index (Phi) is 3.46. The first-order valence-corrected chi connectivity index (χ1v) is 5.46. The van der Waals surface area contributed by atoms with Crippen LogP contribution in [0.4, 0.5) is 11.4 Å². The number of carboxylic acids is 1. The molecule has 0 aliphatic carbocycles. The Bertz CT molecular complexity index is 604. The molecule has 4 N–H and O–H groups in total. The molecule has 1 heterocycles. The van der Waals surface area contributed by atoms with Crippen LogP contribution in [0.25, 0.3) is 0 Å². The SMILES string of the molecule is Nc1cnn(CC(=O)Nc2ccc(C(=O)O)cc2)c1. The van der Waals surface area contributed by atoms with Gasteiger partial charge in [-0.1, -0.05) is 0 Å². The van der Waals surface area contributed by atoms with Crippen molar-refractivity contribution < 1.29 is 14.7 Å². The zero-order valence-corrected chi connectivity index (χ0v) is 9.91. The second kappa shape index (κ2) is 5.21. The number of hydrogen-bond donors (Lipinski definition) is 3. The highest BCUT2D eigenvalue weighted by Gasteiger charge is 2.06. The highest BCUT2D eigenvalue weighted by Crippen LogP contribution is 2.09. The van der Waals surface area contributed by atoms with Crippen LogP contribution in [0, 0.1) is 0 Å². The van der Waals surface area contributed by atoms with Crippen LogP contribution in [0.1, 0.15) is 10.4 Å². The predicted molar refractivity (Wildman–Crippen MR) is 68.7 cm³/mol. The third kappa shape index (κ3) is 3.32. The summed E-state index contributed by atoms with van der Waals surface area (Å²) in [5, 5.41) is 15.3. The molecule has 1 aromatic carbocycles. The lowest BCUT2D eigenvalue weighted by molar-refractivity contribution is -0.116. The van der Waals surface area contributed by atoms with Crippen molar-refractivity contribution in [1.82, 2.24) is 9.78 Å². The van der Waals surface area contributed by atoms with Crippen molar-refractivity contribution >= 4 is 23.3 Å². The summed E-state index contributed by atoms with van der Waals surface area (Å²) in [5.74, 6) is -1.28. The van der Waals surface area contributed by atoms with E-state index < -0.39 is 5.97 Å². The second-order valence-corrected chi connectivity index (χ2v) is 3.90. The Morgan fingerprint density at radius 3 is 2.53 bits per heavy atom. The average Bonchev–Trinajstić information content (AvgIpc) is 2.75. The van der Waals surface area contributed by atoms with Crippen molar-refractivity contribution in [2.24, 2.45) is 0 Å². The summed E-state index contributed by atoms with van der Waals surface area (Å²) in [6, 6.07) is 5.89. The van der Waals surface area contributed by atoms with Crippen molar-refractivity contribution in [3.05, 3.63) is 42.2 Å². The molecule has 2 rings (SSSR count). The summed E-state index contributed by atoms with van der Waals surface area (Å²) in [5.41, 5.74) is 6.65. The van der Waals surface area contributed by atoms with Crippen LogP contribution in [-0.4, -0.2) is 26.8 Å². The number of hydrogen-bond acceptors (Lipinski definition) is 4. The van der Waals surface area contributed by atoms with E-state index in [-0.39, 0.29) is 18.0 Å². The standard InChI is InChI=1S/C12H12N4O3/c13-9-5-14-16(6-9)7-11(17)15-10-3-1-8(2-4-10)12(18)19/h1-6H,7,13H2,(H,15,17)(H,18,19). The third-order valence-electron chi connectivity index (χ3n) is 2.37. The normalized spacial score (nSPS) is 10.1. The number of anilines is 2. The molecule has 0 radical (unpaired) electrons. The fourth-order valence-electron chi connectivity index (χ4n) is 1.51. The fourth-order valence-corrected chi connectivity index (χ4v) is 1.51. The summed E-state index contributed by atoms with van der Waals surface area (Å²) in [4.78, 5) is 22.3. The molecule has 7 heteroatoms. The van der Waals surface area contributed by atoms with Gasteiger partial charge in [0.1, 0.15) is 6.54 Å². The van der Waals surface area contributed by atoms with Gasteiger partial charge >= 0.3 is 5.97 Å². The van der Waals surface area contributed by atoms with Crippen LogP contribution in [0.15, 0.2) is 36.7 Å². The number of amides is 1. The Labute approximate surface area is 108 Å². The van der Waals surface area contributed by atoms with Crippen LogP contribution in [0.5, 0.6) is 0 Å². The maximum absolute atomic E-state index is 11.7. The molecule has 98 valence electrons. The van der Waals surface area contributed by atoms with E-state index in [1.165, 1.54) is 35.1 Å². The lowest BCUT2D eigenvalue weighted by Gasteiger charge is -2.05. The van der Waals surface area contributed by atoms with Crippen molar-refractivity contribution in [1.29, 1.82) is 0 Å². The van der Waals surface area contributed by atoms with E-state index in [0.717, 1.165) is 0 Å². The maximum atomic E-state index is 11.7. The molecule has 0 saturated heterocycles. The number of benzene rings is 1. The van der Waals surface area contributed by atoms with Crippen molar-refractivity contribution in [2.45, 2.75) is 6.54 Å². The Balaban J connectivity index is 1.97. The molecule has 19 heavy (non-hydrogen) atoms. The Hall–Kier alpha value is -2.83. The number of aromatic carboxylic acids is 1. The zero-order valence-electron chi connectivity index (χ0n) is 9.91. The highest BCUT2D eigenvalue weighted by molar-refractivity contribution is 5.92. The topological polar surface area (TPSA) is 110 Å². The van der Waals surface area contributed by atoms with Crippen LogP contribution in [-0.2, 0) is 11.3 Å². The van der Waals surface area contributed by atoms with Crippen molar-refractivity contribution in [2.75, 3.05) is 11.1 Å². The summed E-state index contributed by atoms with van der Waals surface area (Å²) >= 11 is 0. The van der Waals surface area contributed by atoms with Crippen LogP contribution in [0.3, 0.4) is 0 Å². The summed E-state index contributed by atoms with van der Waals surface area (Å²) in [6.07, 6.45) is 3.00. The van der Waals surface area contributed by atoms with E-state index in [0.29, 0.717) is 11.4 Å². The highest BCUT2D eigenvalue weighted by atomic mass is 16.4. The number of carbonyl (C=O) groups is 2. The average molecular weight is 260 g/mol. The van der Waals surface area contributed by atoms with Crippen LogP contribution < -0.4 is 11.1 Å². The number of aromatic nitrogens is 2. The van der Waals surface area contributed by atoms with Gasteiger partial charge in [0.25, 0.3) is 0 Å². The largest absolute Gasteiger partial charge is 0.478 e. The molecule has 0 spiro atoms. The monoisotopic (exact) mass is 260 g/mol. The number of nitrogens with one attached hydrogen (secondary N) is 1. The molecule has 0 unspecified atom stereocenters. The van der Waals surface area contributed by atoms with Crippen molar-refractivity contribution in [3.63, 3.8) is 0 Å². The molecule has 0 bridgehead atoms. The molecule has 0 fully saturated rings. The molecule has 0 atom stereocenters. The summed E-state index contributed by atoms with van der Waals surface area (Å²) in [6.45, 7) is 0.0396. The first kappa shape index (κ1) is 12.6. The van der Waals surface area contributed by atoms with Gasteiger partial charge in [-0.2, -0.15) is 5.10 Å².